The molecule has 2 unspecified atom stereocenters. The molecule has 0 aliphatic rings. The van der Waals surface area contributed by atoms with Gasteiger partial charge in [-0.3, -0.25) is 4.90 Å². The van der Waals surface area contributed by atoms with Crippen LogP contribution in [0.5, 0.6) is 5.75 Å². The first-order valence-corrected chi connectivity index (χ1v) is 6.30. The third-order valence-corrected chi connectivity index (χ3v) is 3.20. The van der Waals surface area contributed by atoms with Crippen LogP contribution < -0.4 is 0 Å². The van der Waals surface area contributed by atoms with Crippen LogP contribution in [0.1, 0.15) is 5.56 Å². The maximum Gasteiger partial charge on any atom is 0.115 e. The lowest BCUT2D eigenvalue weighted by Gasteiger charge is -2.17. The summed E-state index contributed by atoms with van der Waals surface area (Å²) in [5.41, 5.74) is 1.27. The maximum atomic E-state index is 9.11. The van der Waals surface area contributed by atoms with Crippen molar-refractivity contribution in [2.45, 2.75) is 6.42 Å². The number of rotatable bonds is 5. The Balaban J connectivity index is 2.41. The fraction of sp³-hybridized carbons (Fsp3) is 0.400. The quantitative estimate of drug-likeness (QED) is 0.779. The van der Waals surface area contributed by atoms with Gasteiger partial charge in [-0.2, -0.15) is 0 Å². The molecular formula is C10H17NOP2. The Morgan fingerprint density at radius 1 is 1.07 bits per heavy atom. The molecule has 4 heteroatoms. The molecule has 0 amide bonds. The van der Waals surface area contributed by atoms with Crippen LogP contribution in [-0.4, -0.2) is 29.1 Å². The zero-order valence-corrected chi connectivity index (χ0v) is 10.5. The second-order valence-corrected chi connectivity index (χ2v) is 3.91. The Hall–Kier alpha value is -0.160. The molecule has 0 aliphatic carbocycles. The molecule has 0 aliphatic heterocycles. The maximum absolute atomic E-state index is 9.11. The van der Waals surface area contributed by atoms with E-state index in [-0.39, 0.29) is 0 Å². The van der Waals surface area contributed by atoms with Gasteiger partial charge in [0, 0.05) is 19.1 Å². The summed E-state index contributed by atoms with van der Waals surface area (Å²) >= 11 is 0. The second kappa shape index (κ2) is 6.35. The molecular weight excluding hydrogens is 212 g/mol. The number of aromatic hydroxyl groups is 1. The van der Waals surface area contributed by atoms with Gasteiger partial charge < -0.3 is 5.11 Å². The van der Waals surface area contributed by atoms with E-state index >= 15 is 0 Å². The Morgan fingerprint density at radius 2 is 1.64 bits per heavy atom. The van der Waals surface area contributed by atoms with Crippen LogP contribution in [0.3, 0.4) is 0 Å². The van der Waals surface area contributed by atoms with Crippen molar-refractivity contribution in [1.29, 1.82) is 0 Å². The zero-order valence-electron chi connectivity index (χ0n) is 8.19. The van der Waals surface area contributed by atoms with Gasteiger partial charge in [0.05, 0.1) is 0 Å². The lowest BCUT2D eigenvalue weighted by Crippen LogP contribution is -2.22. The van der Waals surface area contributed by atoms with Gasteiger partial charge in [0.1, 0.15) is 5.75 Å². The van der Waals surface area contributed by atoms with Crippen LogP contribution in [0.15, 0.2) is 24.3 Å². The van der Waals surface area contributed by atoms with Crippen molar-refractivity contribution >= 4 is 18.5 Å². The molecule has 0 spiro atoms. The molecule has 1 aromatic rings. The third kappa shape index (κ3) is 3.92. The molecule has 0 saturated carbocycles. The largest absolute Gasteiger partial charge is 0.508 e. The number of phenols is 1. The van der Waals surface area contributed by atoms with Gasteiger partial charge in [-0.25, -0.2) is 0 Å². The molecule has 1 rings (SSSR count). The lowest BCUT2D eigenvalue weighted by atomic mass is 10.1. The minimum atomic E-state index is 0.336. The predicted molar refractivity (Wildman–Crippen MR) is 67.7 cm³/mol. The molecule has 2 atom stereocenters. The highest BCUT2D eigenvalue weighted by Gasteiger charge is 1.99. The fourth-order valence-corrected chi connectivity index (χ4v) is 2.17. The van der Waals surface area contributed by atoms with E-state index in [9.17, 15) is 0 Å². The van der Waals surface area contributed by atoms with Crippen molar-refractivity contribution in [3.63, 3.8) is 0 Å². The van der Waals surface area contributed by atoms with Crippen molar-refractivity contribution in [1.82, 2.24) is 4.90 Å². The first-order chi connectivity index (χ1) is 6.76. The summed E-state index contributed by atoms with van der Waals surface area (Å²) in [5.74, 6) is 0.336. The third-order valence-electron chi connectivity index (χ3n) is 2.17. The van der Waals surface area contributed by atoms with Crippen molar-refractivity contribution in [3.8, 4) is 5.75 Å². The molecule has 0 bridgehead atoms. The second-order valence-electron chi connectivity index (χ2n) is 3.18. The highest BCUT2D eigenvalue weighted by Crippen LogP contribution is 2.10. The van der Waals surface area contributed by atoms with Gasteiger partial charge >= 0.3 is 0 Å². The number of hydrogen-bond donors (Lipinski definition) is 1. The number of hydrogen-bond acceptors (Lipinski definition) is 2. The van der Waals surface area contributed by atoms with Crippen LogP contribution in [0.25, 0.3) is 0 Å². The van der Waals surface area contributed by atoms with Crippen molar-refractivity contribution in [3.05, 3.63) is 29.8 Å². The summed E-state index contributed by atoms with van der Waals surface area (Å²) in [6.07, 6.45) is 3.03. The molecule has 1 N–H and O–H groups in total. The van der Waals surface area contributed by atoms with Crippen molar-refractivity contribution in [2.24, 2.45) is 0 Å². The standard InChI is InChI=1S/C10H17NOP2/c12-10-3-1-9(2-4-10)5-6-11(7-13)8-14/h1-4,12H,5-8,13-14H2. The van der Waals surface area contributed by atoms with E-state index in [0.717, 1.165) is 25.5 Å². The van der Waals surface area contributed by atoms with Gasteiger partial charge in [-0.1, -0.05) is 12.1 Å². The summed E-state index contributed by atoms with van der Waals surface area (Å²) in [5, 5.41) is 9.11. The summed E-state index contributed by atoms with van der Waals surface area (Å²) in [7, 11) is 5.46. The van der Waals surface area contributed by atoms with Gasteiger partial charge in [-0.15, -0.1) is 18.5 Å². The molecule has 0 fully saturated rings. The predicted octanol–water partition coefficient (Wildman–Crippen LogP) is 1.90. The normalized spacial score (nSPS) is 10.8. The van der Waals surface area contributed by atoms with Crippen molar-refractivity contribution < 1.29 is 5.11 Å². The Morgan fingerprint density at radius 3 is 2.14 bits per heavy atom. The fourth-order valence-electron chi connectivity index (χ4n) is 1.21. The summed E-state index contributed by atoms with van der Waals surface area (Å²) in [6, 6.07) is 7.42. The summed E-state index contributed by atoms with van der Waals surface area (Å²) in [6.45, 7) is 1.05. The molecule has 0 heterocycles. The summed E-state index contributed by atoms with van der Waals surface area (Å²) < 4.78 is 0. The van der Waals surface area contributed by atoms with Crippen LogP contribution in [-0.2, 0) is 6.42 Å². The summed E-state index contributed by atoms with van der Waals surface area (Å²) in [4.78, 5) is 2.32. The Kier molecular flexibility index (Phi) is 5.40. The highest BCUT2D eigenvalue weighted by molar-refractivity contribution is 7.17. The SMILES string of the molecule is Oc1ccc(CCN(CP)CP)cc1. The van der Waals surface area contributed by atoms with E-state index in [1.807, 2.05) is 12.1 Å². The number of nitrogens with zero attached hydrogens (tertiary/aromatic N) is 1. The molecule has 1 aromatic carbocycles. The smallest absolute Gasteiger partial charge is 0.115 e. The molecule has 78 valence electrons. The lowest BCUT2D eigenvalue weighted by molar-refractivity contribution is 0.381. The minimum Gasteiger partial charge on any atom is -0.508 e. The molecule has 0 radical (unpaired) electrons. The number of phenolic OH excluding ortho intramolecular Hbond substituents is 1. The zero-order chi connectivity index (χ0) is 10.4. The van der Waals surface area contributed by atoms with E-state index in [1.165, 1.54) is 5.56 Å². The molecule has 0 aromatic heterocycles. The average molecular weight is 229 g/mol. The van der Waals surface area contributed by atoms with Gasteiger partial charge in [0.2, 0.25) is 0 Å². The minimum absolute atomic E-state index is 0.336. The van der Waals surface area contributed by atoms with Crippen LogP contribution in [0, 0.1) is 0 Å². The van der Waals surface area contributed by atoms with Gasteiger partial charge in [0.15, 0.2) is 0 Å². The number of benzene rings is 1. The van der Waals surface area contributed by atoms with E-state index in [4.69, 9.17) is 5.11 Å². The highest BCUT2D eigenvalue weighted by atomic mass is 31.0. The Bertz CT molecular complexity index is 259. The Labute approximate surface area is 90.1 Å². The van der Waals surface area contributed by atoms with E-state index in [1.54, 1.807) is 12.1 Å². The topological polar surface area (TPSA) is 23.5 Å². The van der Waals surface area contributed by atoms with E-state index < -0.39 is 0 Å². The van der Waals surface area contributed by atoms with Crippen LogP contribution in [0.2, 0.25) is 0 Å². The first-order valence-electron chi connectivity index (χ1n) is 4.66. The van der Waals surface area contributed by atoms with Crippen molar-refractivity contribution in [2.75, 3.05) is 19.1 Å². The van der Waals surface area contributed by atoms with Crippen LogP contribution in [0.4, 0.5) is 0 Å². The molecule has 14 heavy (non-hydrogen) atoms. The van der Waals surface area contributed by atoms with E-state index in [2.05, 4.69) is 23.4 Å². The average Bonchev–Trinajstić information content (AvgIpc) is 2.22. The molecule has 2 nitrogen and oxygen atoms in total. The van der Waals surface area contributed by atoms with Gasteiger partial charge in [-0.05, 0) is 24.1 Å². The van der Waals surface area contributed by atoms with E-state index in [0.29, 0.717) is 5.75 Å². The molecule has 0 saturated heterocycles. The monoisotopic (exact) mass is 229 g/mol. The van der Waals surface area contributed by atoms with Gasteiger partial charge in [0.25, 0.3) is 0 Å². The van der Waals surface area contributed by atoms with Crippen LogP contribution >= 0.6 is 18.5 Å². The first kappa shape index (κ1) is 11.9.